The van der Waals surface area contributed by atoms with Crippen molar-refractivity contribution in [2.45, 2.75) is 46.4 Å². The fraction of sp³-hybridized carbons (Fsp3) is 0.389. The van der Waals surface area contributed by atoms with Crippen LogP contribution in [0.4, 0.5) is 0 Å². The molecule has 0 fully saturated rings. The van der Waals surface area contributed by atoms with Crippen LogP contribution < -0.4 is 10.1 Å². The molecule has 112 valence electrons. The van der Waals surface area contributed by atoms with Crippen molar-refractivity contribution in [1.82, 2.24) is 10.3 Å². The van der Waals surface area contributed by atoms with Gasteiger partial charge in [0.25, 0.3) is 0 Å². The molecule has 1 aromatic heterocycles. The van der Waals surface area contributed by atoms with Gasteiger partial charge in [0.2, 0.25) is 0 Å². The monoisotopic (exact) mass is 284 g/mol. The van der Waals surface area contributed by atoms with E-state index < -0.39 is 0 Å². The predicted molar refractivity (Wildman–Crippen MR) is 87.4 cm³/mol. The Kier molecular flexibility index (Phi) is 5.34. The molecule has 0 saturated carbocycles. The van der Waals surface area contributed by atoms with Crippen LogP contribution in [0.5, 0.6) is 5.75 Å². The molecule has 1 heterocycles. The molecule has 1 aromatic carbocycles. The summed E-state index contributed by atoms with van der Waals surface area (Å²) in [5, 5.41) is 3.42. The van der Waals surface area contributed by atoms with Crippen LogP contribution >= 0.6 is 0 Å². The number of aromatic nitrogens is 1. The molecule has 3 nitrogen and oxygen atoms in total. The lowest BCUT2D eigenvalue weighted by atomic mass is 10.0. The van der Waals surface area contributed by atoms with Crippen molar-refractivity contribution in [2.24, 2.45) is 0 Å². The van der Waals surface area contributed by atoms with Crippen LogP contribution in [0.15, 0.2) is 42.7 Å². The van der Waals surface area contributed by atoms with E-state index in [2.05, 4.69) is 36.3 Å². The summed E-state index contributed by atoms with van der Waals surface area (Å²) in [6.07, 6.45) is 3.96. The van der Waals surface area contributed by atoms with E-state index in [-0.39, 0.29) is 6.10 Å². The number of ether oxygens (including phenoxy) is 1. The zero-order valence-corrected chi connectivity index (χ0v) is 13.3. The van der Waals surface area contributed by atoms with E-state index in [0.29, 0.717) is 6.04 Å². The first kappa shape index (κ1) is 15.5. The van der Waals surface area contributed by atoms with Crippen LogP contribution in [0.2, 0.25) is 0 Å². The molecule has 0 bridgehead atoms. The zero-order valence-electron chi connectivity index (χ0n) is 13.3. The first-order valence-corrected chi connectivity index (χ1v) is 7.49. The van der Waals surface area contributed by atoms with Crippen molar-refractivity contribution in [2.75, 3.05) is 0 Å². The Morgan fingerprint density at radius 1 is 1.10 bits per heavy atom. The van der Waals surface area contributed by atoms with E-state index in [1.807, 2.05) is 44.4 Å². The van der Waals surface area contributed by atoms with Gasteiger partial charge in [-0.25, -0.2) is 0 Å². The van der Waals surface area contributed by atoms with Crippen molar-refractivity contribution in [3.05, 3.63) is 48.3 Å². The summed E-state index contributed by atoms with van der Waals surface area (Å²) in [5.74, 6) is 0.906. The van der Waals surface area contributed by atoms with Gasteiger partial charge in [-0.3, -0.25) is 4.98 Å². The molecule has 0 aliphatic carbocycles. The van der Waals surface area contributed by atoms with Crippen molar-refractivity contribution in [3.8, 4) is 16.9 Å². The van der Waals surface area contributed by atoms with Gasteiger partial charge in [0.15, 0.2) is 0 Å². The Hall–Kier alpha value is -1.87. The fourth-order valence-corrected chi connectivity index (χ4v) is 2.12. The number of hydrogen-bond acceptors (Lipinski definition) is 3. The average Bonchev–Trinajstić information content (AvgIpc) is 2.45. The quantitative estimate of drug-likeness (QED) is 0.869. The summed E-state index contributed by atoms with van der Waals surface area (Å²) in [5.41, 5.74) is 3.36. The molecule has 0 saturated heterocycles. The van der Waals surface area contributed by atoms with Gasteiger partial charge >= 0.3 is 0 Å². The third kappa shape index (κ3) is 4.57. The molecule has 0 radical (unpaired) electrons. The Morgan fingerprint density at radius 2 is 1.86 bits per heavy atom. The molecular weight excluding hydrogens is 260 g/mol. The van der Waals surface area contributed by atoms with Crippen molar-refractivity contribution in [3.63, 3.8) is 0 Å². The van der Waals surface area contributed by atoms with Crippen LogP contribution in [-0.4, -0.2) is 17.1 Å². The average molecular weight is 284 g/mol. The van der Waals surface area contributed by atoms with Crippen LogP contribution in [-0.2, 0) is 6.54 Å². The van der Waals surface area contributed by atoms with Gasteiger partial charge < -0.3 is 10.1 Å². The lowest BCUT2D eigenvalue weighted by Crippen LogP contribution is -2.21. The van der Waals surface area contributed by atoms with Gasteiger partial charge in [0.1, 0.15) is 5.75 Å². The van der Waals surface area contributed by atoms with Gasteiger partial charge in [-0.1, -0.05) is 32.0 Å². The summed E-state index contributed by atoms with van der Waals surface area (Å²) in [4.78, 5) is 4.36. The first-order valence-electron chi connectivity index (χ1n) is 7.49. The molecule has 0 aliphatic heterocycles. The number of nitrogens with one attached hydrogen (secondary N) is 1. The molecule has 2 aromatic rings. The highest BCUT2D eigenvalue weighted by Crippen LogP contribution is 2.30. The second-order valence-electron chi connectivity index (χ2n) is 5.78. The number of para-hydroxylation sites is 1. The molecule has 3 heteroatoms. The Balaban J connectivity index is 2.27. The lowest BCUT2D eigenvalue weighted by molar-refractivity contribution is 0.243. The number of pyridine rings is 1. The van der Waals surface area contributed by atoms with Crippen molar-refractivity contribution in [1.29, 1.82) is 0 Å². The molecule has 0 spiro atoms. The van der Waals surface area contributed by atoms with Gasteiger partial charge in [-0.15, -0.1) is 0 Å². The smallest absolute Gasteiger partial charge is 0.127 e. The molecular formula is C18H24N2O. The minimum absolute atomic E-state index is 0.157. The van der Waals surface area contributed by atoms with Crippen molar-refractivity contribution < 1.29 is 4.74 Å². The summed E-state index contributed by atoms with van der Waals surface area (Å²) < 4.78 is 5.89. The summed E-state index contributed by atoms with van der Waals surface area (Å²) in [6.45, 7) is 9.19. The lowest BCUT2D eigenvalue weighted by Gasteiger charge is -2.15. The first-order chi connectivity index (χ1) is 10.1. The Morgan fingerprint density at radius 3 is 2.57 bits per heavy atom. The second kappa shape index (κ2) is 7.23. The fourth-order valence-electron chi connectivity index (χ4n) is 2.12. The molecule has 0 unspecified atom stereocenters. The second-order valence-corrected chi connectivity index (χ2v) is 5.78. The highest BCUT2D eigenvalue weighted by atomic mass is 16.5. The summed E-state index contributed by atoms with van der Waals surface area (Å²) in [6, 6.07) is 10.7. The van der Waals surface area contributed by atoms with Crippen molar-refractivity contribution >= 4 is 0 Å². The highest BCUT2D eigenvalue weighted by molar-refractivity contribution is 5.70. The topological polar surface area (TPSA) is 34.2 Å². The number of rotatable bonds is 6. The molecule has 21 heavy (non-hydrogen) atoms. The number of nitrogens with zero attached hydrogens (tertiary/aromatic N) is 1. The summed E-state index contributed by atoms with van der Waals surface area (Å²) >= 11 is 0. The van der Waals surface area contributed by atoms with Crippen LogP contribution in [0.3, 0.4) is 0 Å². The Labute approximate surface area is 127 Å². The SMILES string of the molecule is CC(C)NCc1cncc(-c2ccccc2OC(C)C)c1. The minimum atomic E-state index is 0.157. The molecule has 0 atom stereocenters. The number of hydrogen-bond donors (Lipinski definition) is 1. The van der Waals surface area contributed by atoms with E-state index in [4.69, 9.17) is 4.74 Å². The standard InChI is InChI=1S/C18H24N2O/c1-13(2)20-11-15-9-16(12-19-10-15)17-7-5-6-8-18(17)21-14(3)4/h5-10,12-14,20H,11H2,1-4H3. The third-order valence-electron chi connectivity index (χ3n) is 3.07. The van der Waals surface area contributed by atoms with Crippen LogP contribution in [0.1, 0.15) is 33.3 Å². The molecule has 0 aliphatic rings. The van der Waals surface area contributed by atoms with Crippen LogP contribution in [0.25, 0.3) is 11.1 Å². The van der Waals surface area contributed by atoms with E-state index >= 15 is 0 Å². The maximum absolute atomic E-state index is 5.89. The van der Waals surface area contributed by atoms with Gasteiger partial charge in [0, 0.05) is 36.1 Å². The largest absolute Gasteiger partial charge is 0.490 e. The highest BCUT2D eigenvalue weighted by Gasteiger charge is 2.08. The zero-order chi connectivity index (χ0) is 15.2. The maximum Gasteiger partial charge on any atom is 0.127 e. The van der Waals surface area contributed by atoms with Gasteiger partial charge in [-0.05, 0) is 31.5 Å². The van der Waals surface area contributed by atoms with E-state index in [1.54, 1.807) is 0 Å². The van der Waals surface area contributed by atoms with E-state index in [0.717, 1.165) is 23.4 Å². The van der Waals surface area contributed by atoms with Gasteiger partial charge in [-0.2, -0.15) is 0 Å². The summed E-state index contributed by atoms with van der Waals surface area (Å²) in [7, 11) is 0. The molecule has 1 N–H and O–H groups in total. The Bertz CT molecular complexity index is 579. The molecule has 0 amide bonds. The predicted octanol–water partition coefficient (Wildman–Crippen LogP) is 4.03. The number of benzene rings is 1. The van der Waals surface area contributed by atoms with E-state index in [1.165, 1.54) is 5.56 Å². The third-order valence-corrected chi connectivity index (χ3v) is 3.07. The maximum atomic E-state index is 5.89. The molecule has 2 rings (SSSR count). The van der Waals surface area contributed by atoms with Crippen LogP contribution in [0, 0.1) is 0 Å². The normalized spacial score (nSPS) is 11.1. The van der Waals surface area contributed by atoms with Gasteiger partial charge in [0.05, 0.1) is 6.10 Å². The van der Waals surface area contributed by atoms with E-state index in [9.17, 15) is 0 Å². The minimum Gasteiger partial charge on any atom is -0.490 e.